The summed E-state index contributed by atoms with van der Waals surface area (Å²) in [7, 11) is 0. The highest BCUT2D eigenvalue weighted by Crippen LogP contribution is 2.30. The zero-order valence-corrected chi connectivity index (χ0v) is 12.2. The molecule has 0 amide bonds. The van der Waals surface area contributed by atoms with Crippen LogP contribution in [-0.2, 0) is 6.54 Å². The number of aliphatic hydroxyl groups is 1. The number of aliphatic hydroxyl groups excluding tert-OH is 1. The molecule has 2 fully saturated rings. The standard InChI is InChI=1S/C17H26N2O/c20-12-11-18-10-4-7-17(18)14-19(16-8-9-16)13-15-5-2-1-3-6-15/h1-3,5-6,16-17,20H,4,7-14H2/t17-/m1/s1. The smallest absolute Gasteiger partial charge is 0.0558 e. The summed E-state index contributed by atoms with van der Waals surface area (Å²) in [6, 6.07) is 12.3. The first-order valence-corrected chi connectivity index (χ1v) is 7.99. The van der Waals surface area contributed by atoms with Crippen molar-refractivity contribution in [1.29, 1.82) is 0 Å². The third-order valence-electron chi connectivity index (χ3n) is 4.62. The molecule has 1 atom stereocenters. The Hall–Kier alpha value is -0.900. The molecule has 0 unspecified atom stereocenters. The maximum atomic E-state index is 9.18. The van der Waals surface area contributed by atoms with Crippen LogP contribution in [0.2, 0.25) is 0 Å². The van der Waals surface area contributed by atoms with Crippen molar-refractivity contribution in [3.63, 3.8) is 0 Å². The summed E-state index contributed by atoms with van der Waals surface area (Å²) in [5, 5.41) is 9.18. The van der Waals surface area contributed by atoms with Gasteiger partial charge in [0.15, 0.2) is 0 Å². The van der Waals surface area contributed by atoms with E-state index in [4.69, 9.17) is 0 Å². The Morgan fingerprint density at radius 3 is 2.65 bits per heavy atom. The minimum absolute atomic E-state index is 0.290. The molecule has 1 aromatic carbocycles. The molecule has 1 saturated heterocycles. The van der Waals surface area contributed by atoms with E-state index in [0.29, 0.717) is 12.6 Å². The summed E-state index contributed by atoms with van der Waals surface area (Å²) in [5.74, 6) is 0. The molecule has 0 aromatic heterocycles. The summed E-state index contributed by atoms with van der Waals surface area (Å²) in [6.45, 7) is 4.54. The Labute approximate surface area is 122 Å². The first-order valence-electron chi connectivity index (χ1n) is 7.99. The lowest BCUT2D eigenvalue weighted by atomic mass is 10.1. The van der Waals surface area contributed by atoms with Crippen LogP contribution in [0.15, 0.2) is 30.3 Å². The van der Waals surface area contributed by atoms with E-state index >= 15 is 0 Å². The summed E-state index contributed by atoms with van der Waals surface area (Å²) in [6.07, 6.45) is 5.30. The van der Waals surface area contributed by atoms with Gasteiger partial charge in [0.1, 0.15) is 0 Å². The van der Waals surface area contributed by atoms with Crippen molar-refractivity contribution >= 4 is 0 Å². The molecule has 0 spiro atoms. The van der Waals surface area contributed by atoms with Crippen LogP contribution in [0.3, 0.4) is 0 Å². The fraction of sp³-hybridized carbons (Fsp3) is 0.647. The van der Waals surface area contributed by atoms with E-state index in [-0.39, 0.29) is 0 Å². The highest BCUT2D eigenvalue weighted by atomic mass is 16.3. The molecule has 1 saturated carbocycles. The number of hydrogen-bond donors (Lipinski definition) is 1. The van der Waals surface area contributed by atoms with Crippen LogP contribution >= 0.6 is 0 Å². The van der Waals surface area contributed by atoms with Gasteiger partial charge in [0.05, 0.1) is 6.61 Å². The van der Waals surface area contributed by atoms with Gasteiger partial charge < -0.3 is 5.11 Å². The number of β-amino-alcohol motifs (C(OH)–C–C–N with tert-alkyl or cyclic N) is 1. The van der Waals surface area contributed by atoms with Gasteiger partial charge in [-0.25, -0.2) is 0 Å². The maximum Gasteiger partial charge on any atom is 0.0558 e. The highest BCUT2D eigenvalue weighted by molar-refractivity contribution is 5.15. The minimum atomic E-state index is 0.290. The molecule has 3 nitrogen and oxygen atoms in total. The van der Waals surface area contributed by atoms with Gasteiger partial charge in [0.25, 0.3) is 0 Å². The quantitative estimate of drug-likeness (QED) is 0.825. The molecule has 0 bridgehead atoms. The van der Waals surface area contributed by atoms with Crippen LogP contribution in [0.5, 0.6) is 0 Å². The third kappa shape index (κ3) is 3.60. The van der Waals surface area contributed by atoms with E-state index in [2.05, 4.69) is 40.1 Å². The summed E-state index contributed by atoms with van der Waals surface area (Å²) >= 11 is 0. The van der Waals surface area contributed by atoms with E-state index in [0.717, 1.165) is 25.7 Å². The van der Waals surface area contributed by atoms with Crippen molar-refractivity contribution in [3.05, 3.63) is 35.9 Å². The van der Waals surface area contributed by atoms with Gasteiger partial charge in [-0.15, -0.1) is 0 Å². The molecule has 1 aliphatic carbocycles. The van der Waals surface area contributed by atoms with Gasteiger partial charge in [0, 0.05) is 31.7 Å². The normalized spacial score (nSPS) is 23.6. The summed E-state index contributed by atoms with van der Waals surface area (Å²) < 4.78 is 0. The van der Waals surface area contributed by atoms with Crippen molar-refractivity contribution in [1.82, 2.24) is 9.80 Å². The van der Waals surface area contributed by atoms with Crippen molar-refractivity contribution in [2.45, 2.75) is 44.3 Å². The number of benzene rings is 1. The lowest BCUT2D eigenvalue weighted by molar-refractivity contribution is 0.137. The maximum absolute atomic E-state index is 9.18. The highest BCUT2D eigenvalue weighted by Gasteiger charge is 2.33. The second-order valence-electron chi connectivity index (χ2n) is 6.20. The lowest BCUT2D eigenvalue weighted by Crippen LogP contribution is -2.42. The lowest BCUT2D eigenvalue weighted by Gasteiger charge is -2.30. The average molecular weight is 274 g/mol. The second-order valence-corrected chi connectivity index (χ2v) is 6.20. The number of hydrogen-bond acceptors (Lipinski definition) is 3. The summed E-state index contributed by atoms with van der Waals surface area (Å²) in [5.41, 5.74) is 1.42. The largest absolute Gasteiger partial charge is 0.395 e. The minimum Gasteiger partial charge on any atom is -0.395 e. The molecule has 1 N–H and O–H groups in total. The fourth-order valence-electron chi connectivity index (χ4n) is 3.40. The van der Waals surface area contributed by atoms with Crippen LogP contribution < -0.4 is 0 Å². The van der Waals surface area contributed by atoms with Crippen LogP contribution in [-0.4, -0.2) is 53.2 Å². The molecular formula is C17H26N2O. The van der Waals surface area contributed by atoms with Crippen molar-refractivity contribution in [2.24, 2.45) is 0 Å². The summed E-state index contributed by atoms with van der Waals surface area (Å²) in [4.78, 5) is 5.13. The Morgan fingerprint density at radius 1 is 1.15 bits per heavy atom. The Bertz CT molecular complexity index is 405. The number of rotatable bonds is 7. The zero-order chi connectivity index (χ0) is 13.8. The molecule has 20 heavy (non-hydrogen) atoms. The van der Waals surface area contributed by atoms with E-state index in [1.165, 1.54) is 37.8 Å². The van der Waals surface area contributed by atoms with Crippen LogP contribution in [0, 0.1) is 0 Å². The topological polar surface area (TPSA) is 26.7 Å². The number of likely N-dealkylation sites (tertiary alicyclic amines) is 1. The molecule has 3 heteroatoms. The molecule has 2 aliphatic rings. The van der Waals surface area contributed by atoms with Crippen LogP contribution in [0.25, 0.3) is 0 Å². The van der Waals surface area contributed by atoms with Crippen molar-refractivity contribution in [2.75, 3.05) is 26.2 Å². The Morgan fingerprint density at radius 2 is 1.95 bits per heavy atom. The van der Waals surface area contributed by atoms with Gasteiger partial charge in [-0.2, -0.15) is 0 Å². The Balaban J connectivity index is 1.60. The molecule has 1 aliphatic heterocycles. The van der Waals surface area contributed by atoms with Crippen LogP contribution in [0.4, 0.5) is 0 Å². The molecule has 0 radical (unpaired) electrons. The van der Waals surface area contributed by atoms with Crippen molar-refractivity contribution in [3.8, 4) is 0 Å². The zero-order valence-electron chi connectivity index (χ0n) is 12.2. The third-order valence-corrected chi connectivity index (χ3v) is 4.62. The molecule has 110 valence electrons. The van der Waals surface area contributed by atoms with E-state index < -0.39 is 0 Å². The molecule has 1 heterocycles. The van der Waals surface area contributed by atoms with Crippen molar-refractivity contribution < 1.29 is 5.11 Å². The molecular weight excluding hydrogens is 248 g/mol. The number of nitrogens with zero attached hydrogens (tertiary/aromatic N) is 2. The van der Waals surface area contributed by atoms with E-state index in [1.54, 1.807) is 0 Å². The van der Waals surface area contributed by atoms with Gasteiger partial charge in [-0.3, -0.25) is 9.80 Å². The fourth-order valence-corrected chi connectivity index (χ4v) is 3.40. The van der Waals surface area contributed by atoms with E-state index in [1.807, 2.05) is 0 Å². The van der Waals surface area contributed by atoms with Gasteiger partial charge in [-0.1, -0.05) is 30.3 Å². The molecule has 3 rings (SSSR count). The van der Waals surface area contributed by atoms with E-state index in [9.17, 15) is 5.11 Å². The SMILES string of the molecule is OCCN1CCC[C@@H]1CN(Cc1ccccc1)C1CC1. The van der Waals surface area contributed by atoms with Gasteiger partial charge in [0.2, 0.25) is 0 Å². The van der Waals surface area contributed by atoms with Gasteiger partial charge >= 0.3 is 0 Å². The second kappa shape index (κ2) is 6.70. The predicted octanol–water partition coefficient (Wildman–Crippen LogP) is 2.11. The predicted molar refractivity (Wildman–Crippen MR) is 81.6 cm³/mol. The van der Waals surface area contributed by atoms with Crippen LogP contribution in [0.1, 0.15) is 31.2 Å². The first-order chi connectivity index (χ1) is 9.86. The Kier molecular flexibility index (Phi) is 4.71. The molecule has 1 aromatic rings. The first kappa shape index (κ1) is 14.1. The van der Waals surface area contributed by atoms with Gasteiger partial charge in [-0.05, 0) is 37.8 Å². The monoisotopic (exact) mass is 274 g/mol. The average Bonchev–Trinajstić information content (AvgIpc) is 3.23.